The molecule has 0 atom stereocenters. The average Bonchev–Trinajstić information content (AvgIpc) is 2.42. The van der Waals surface area contributed by atoms with Gasteiger partial charge in [-0.05, 0) is 30.3 Å². The number of benzene rings is 1. The van der Waals surface area contributed by atoms with Gasteiger partial charge in [0.2, 0.25) is 0 Å². The highest BCUT2D eigenvalue weighted by Crippen LogP contribution is 2.18. The zero-order valence-electron chi connectivity index (χ0n) is 9.77. The van der Waals surface area contributed by atoms with Crippen LogP contribution in [0.1, 0.15) is 27.1 Å². The highest BCUT2D eigenvalue weighted by atomic mass is 79.9. The van der Waals surface area contributed by atoms with Gasteiger partial charge in [0, 0.05) is 22.4 Å². The van der Waals surface area contributed by atoms with Crippen LogP contribution in [0.15, 0.2) is 47.2 Å². The van der Waals surface area contributed by atoms with Crippen LogP contribution in [-0.2, 0) is 0 Å². The van der Waals surface area contributed by atoms with E-state index in [-0.39, 0.29) is 17.8 Å². The van der Waals surface area contributed by atoms with E-state index < -0.39 is 11.6 Å². The third kappa shape index (κ3) is 3.32. The molecule has 0 saturated heterocycles. The maximum absolute atomic E-state index is 13.5. The van der Waals surface area contributed by atoms with Crippen LogP contribution in [0.4, 0.5) is 4.39 Å². The molecule has 1 heterocycles. The third-order valence-electron chi connectivity index (χ3n) is 2.55. The molecule has 3 nitrogen and oxygen atoms in total. The van der Waals surface area contributed by atoms with Crippen molar-refractivity contribution in [2.45, 2.75) is 6.42 Å². The second-order valence-electron chi connectivity index (χ2n) is 3.88. The van der Waals surface area contributed by atoms with E-state index in [1.165, 1.54) is 42.7 Å². The first kappa shape index (κ1) is 13.5. The van der Waals surface area contributed by atoms with Crippen LogP contribution in [0.2, 0.25) is 0 Å². The molecule has 0 amide bonds. The molecule has 0 saturated carbocycles. The normalized spacial score (nSPS) is 10.2. The molecule has 96 valence electrons. The molecule has 0 radical (unpaired) electrons. The van der Waals surface area contributed by atoms with E-state index in [9.17, 15) is 14.0 Å². The van der Waals surface area contributed by atoms with Gasteiger partial charge in [-0.25, -0.2) is 4.39 Å². The van der Waals surface area contributed by atoms with Gasteiger partial charge in [-0.15, -0.1) is 0 Å². The van der Waals surface area contributed by atoms with Crippen molar-refractivity contribution in [1.82, 2.24) is 4.98 Å². The van der Waals surface area contributed by atoms with Crippen molar-refractivity contribution >= 4 is 27.5 Å². The molecule has 0 bridgehead atoms. The molecule has 0 spiro atoms. The molecule has 0 aliphatic heterocycles. The second-order valence-corrected chi connectivity index (χ2v) is 4.80. The van der Waals surface area contributed by atoms with Gasteiger partial charge < -0.3 is 0 Å². The molecule has 1 aromatic heterocycles. The smallest absolute Gasteiger partial charge is 0.173 e. The van der Waals surface area contributed by atoms with Gasteiger partial charge in [-0.3, -0.25) is 14.6 Å². The number of rotatable bonds is 4. The van der Waals surface area contributed by atoms with E-state index in [0.717, 1.165) is 0 Å². The standard InChI is InChI=1S/C14H9BrFNO2/c15-10-1-2-12(16)11(7-10)14(19)8-13(18)9-3-5-17-6-4-9/h1-7H,8H2. The summed E-state index contributed by atoms with van der Waals surface area (Å²) in [6, 6.07) is 7.10. The lowest BCUT2D eigenvalue weighted by Gasteiger charge is -2.03. The number of carbonyl (C=O) groups excluding carboxylic acids is 2. The topological polar surface area (TPSA) is 47.0 Å². The quantitative estimate of drug-likeness (QED) is 0.640. The van der Waals surface area contributed by atoms with E-state index >= 15 is 0 Å². The first-order chi connectivity index (χ1) is 9.08. The van der Waals surface area contributed by atoms with Gasteiger partial charge in [0.25, 0.3) is 0 Å². The minimum Gasteiger partial charge on any atom is -0.294 e. The van der Waals surface area contributed by atoms with Gasteiger partial charge >= 0.3 is 0 Å². The lowest BCUT2D eigenvalue weighted by molar-refractivity contribution is 0.0892. The fourth-order valence-corrected chi connectivity index (χ4v) is 1.95. The molecule has 0 unspecified atom stereocenters. The third-order valence-corrected chi connectivity index (χ3v) is 3.05. The molecule has 0 aliphatic rings. The average molecular weight is 322 g/mol. The van der Waals surface area contributed by atoms with Gasteiger partial charge in [0.15, 0.2) is 11.6 Å². The lowest BCUT2D eigenvalue weighted by Crippen LogP contribution is -2.10. The van der Waals surface area contributed by atoms with Gasteiger partial charge in [-0.1, -0.05) is 15.9 Å². The SMILES string of the molecule is O=C(CC(=O)c1cc(Br)ccc1F)c1ccncc1. The van der Waals surface area contributed by atoms with Gasteiger partial charge in [0.05, 0.1) is 12.0 Å². The number of ketones is 2. The first-order valence-corrected chi connectivity index (χ1v) is 6.28. The number of nitrogens with zero attached hydrogens (tertiary/aromatic N) is 1. The fraction of sp³-hybridized carbons (Fsp3) is 0.0714. The Labute approximate surface area is 117 Å². The minimum absolute atomic E-state index is 0.0863. The number of halogens is 2. The van der Waals surface area contributed by atoms with Gasteiger partial charge in [-0.2, -0.15) is 0 Å². The van der Waals surface area contributed by atoms with E-state index in [1.54, 1.807) is 0 Å². The van der Waals surface area contributed by atoms with Crippen molar-refractivity contribution in [3.8, 4) is 0 Å². The maximum Gasteiger partial charge on any atom is 0.173 e. The molecular formula is C14H9BrFNO2. The molecule has 1 aromatic carbocycles. The summed E-state index contributed by atoms with van der Waals surface area (Å²) >= 11 is 3.16. The Morgan fingerprint density at radius 1 is 1.11 bits per heavy atom. The Kier molecular flexibility index (Phi) is 4.16. The Morgan fingerprint density at radius 2 is 1.79 bits per heavy atom. The predicted molar refractivity (Wildman–Crippen MR) is 71.6 cm³/mol. The molecule has 0 aliphatic carbocycles. The zero-order valence-corrected chi connectivity index (χ0v) is 11.4. The number of hydrogen-bond donors (Lipinski definition) is 0. The second kappa shape index (κ2) is 5.84. The highest BCUT2D eigenvalue weighted by molar-refractivity contribution is 9.10. The van der Waals surface area contributed by atoms with E-state index in [1.807, 2.05) is 0 Å². The van der Waals surface area contributed by atoms with Crippen molar-refractivity contribution < 1.29 is 14.0 Å². The molecule has 2 rings (SSSR count). The summed E-state index contributed by atoms with van der Waals surface area (Å²) in [5, 5.41) is 0. The van der Waals surface area contributed by atoms with Crippen LogP contribution in [0.5, 0.6) is 0 Å². The highest BCUT2D eigenvalue weighted by Gasteiger charge is 2.17. The summed E-state index contributed by atoms with van der Waals surface area (Å²) in [5.74, 6) is -1.52. The first-order valence-electron chi connectivity index (χ1n) is 5.49. The maximum atomic E-state index is 13.5. The Bertz CT molecular complexity index is 629. The van der Waals surface area contributed by atoms with Crippen molar-refractivity contribution in [2.75, 3.05) is 0 Å². The van der Waals surface area contributed by atoms with Crippen LogP contribution in [0, 0.1) is 5.82 Å². The van der Waals surface area contributed by atoms with Crippen LogP contribution in [0.25, 0.3) is 0 Å². The minimum atomic E-state index is -0.629. The van der Waals surface area contributed by atoms with E-state index in [2.05, 4.69) is 20.9 Å². The lowest BCUT2D eigenvalue weighted by atomic mass is 10.0. The summed E-state index contributed by atoms with van der Waals surface area (Å²) in [6.45, 7) is 0. The summed E-state index contributed by atoms with van der Waals surface area (Å²) in [5.41, 5.74) is 0.301. The molecule has 19 heavy (non-hydrogen) atoms. The Hall–Kier alpha value is -1.88. The van der Waals surface area contributed by atoms with Crippen LogP contribution >= 0.6 is 15.9 Å². The molecule has 0 N–H and O–H groups in total. The monoisotopic (exact) mass is 321 g/mol. The fourth-order valence-electron chi connectivity index (χ4n) is 1.59. The molecule has 2 aromatic rings. The summed E-state index contributed by atoms with van der Waals surface area (Å²) in [6.07, 6.45) is 2.58. The number of Topliss-reactive ketones (excluding diaryl/α,β-unsaturated/α-hetero) is 2. The number of pyridine rings is 1. The largest absolute Gasteiger partial charge is 0.294 e. The van der Waals surface area contributed by atoms with Crippen molar-refractivity contribution in [3.05, 3.63) is 64.1 Å². The molecule has 0 fully saturated rings. The van der Waals surface area contributed by atoms with Crippen molar-refractivity contribution in [2.24, 2.45) is 0 Å². The Balaban J connectivity index is 2.18. The van der Waals surface area contributed by atoms with Crippen LogP contribution in [-0.4, -0.2) is 16.6 Å². The molecule has 5 heteroatoms. The Morgan fingerprint density at radius 3 is 2.47 bits per heavy atom. The van der Waals surface area contributed by atoms with Crippen LogP contribution in [0.3, 0.4) is 0 Å². The van der Waals surface area contributed by atoms with Gasteiger partial charge in [0.1, 0.15) is 5.82 Å². The zero-order chi connectivity index (χ0) is 13.8. The van der Waals surface area contributed by atoms with E-state index in [0.29, 0.717) is 10.0 Å². The summed E-state index contributed by atoms with van der Waals surface area (Å²) < 4.78 is 14.1. The van der Waals surface area contributed by atoms with E-state index in [4.69, 9.17) is 0 Å². The number of carbonyl (C=O) groups is 2. The number of aromatic nitrogens is 1. The van der Waals surface area contributed by atoms with Crippen molar-refractivity contribution in [3.63, 3.8) is 0 Å². The summed E-state index contributed by atoms with van der Waals surface area (Å²) in [7, 11) is 0. The van der Waals surface area contributed by atoms with Crippen molar-refractivity contribution in [1.29, 1.82) is 0 Å². The predicted octanol–water partition coefficient (Wildman–Crippen LogP) is 3.44. The summed E-state index contributed by atoms with van der Waals surface area (Å²) in [4.78, 5) is 27.5. The van der Waals surface area contributed by atoms with Crippen LogP contribution < -0.4 is 0 Å². The number of hydrogen-bond acceptors (Lipinski definition) is 3. The molecular weight excluding hydrogens is 313 g/mol.